The summed E-state index contributed by atoms with van der Waals surface area (Å²) in [6.45, 7) is 6.53. The molecule has 0 fully saturated rings. The number of hydrogen-bond acceptors (Lipinski definition) is 2. The van der Waals surface area contributed by atoms with Crippen LogP contribution in [0.15, 0.2) is 24.3 Å². The monoisotopic (exact) mass is 249 g/mol. The fourth-order valence-electron chi connectivity index (χ4n) is 1.87. The van der Waals surface area contributed by atoms with Crippen molar-refractivity contribution in [2.75, 3.05) is 0 Å². The Kier molecular flexibility index (Phi) is 4.91. The summed E-state index contributed by atoms with van der Waals surface area (Å²) >= 11 is 0. The molecule has 0 aliphatic rings. The van der Waals surface area contributed by atoms with Gasteiger partial charge in [0.05, 0.1) is 0 Å². The topological polar surface area (TPSA) is 63.3 Å². The van der Waals surface area contributed by atoms with Gasteiger partial charge in [0.1, 0.15) is 0 Å². The number of carboxylic acids is 1. The van der Waals surface area contributed by atoms with E-state index >= 15 is 0 Å². The van der Waals surface area contributed by atoms with Crippen LogP contribution >= 0.6 is 0 Å². The van der Waals surface area contributed by atoms with Gasteiger partial charge in [0, 0.05) is 12.5 Å². The molecule has 0 saturated heterocycles. The molecule has 1 atom stereocenters. The van der Waals surface area contributed by atoms with Crippen LogP contribution in [0.4, 0.5) is 0 Å². The smallest absolute Gasteiger partial charge is 0.303 e. The third kappa shape index (κ3) is 4.49. The molecular weight excluding hydrogens is 226 g/mol. The van der Waals surface area contributed by atoms with E-state index in [2.05, 4.69) is 32.9 Å². The summed E-state index contributed by atoms with van der Waals surface area (Å²) in [5, 5.41) is 8.58. The maximum absolute atomic E-state index is 10.4. The standard InChI is InChI=1S/C15H23NO2/c1-15(2,3)12-9-7-11(8-10-12)13(16)5-4-6-14(17)18/h7-10,13H,4-6,16H2,1-3H3,(H,17,18). The molecule has 0 saturated carbocycles. The van der Waals surface area contributed by atoms with E-state index in [1.165, 1.54) is 5.56 Å². The van der Waals surface area contributed by atoms with Gasteiger partial charge in [-0.25, -0.2) is 0 Å². The molecule has 1 aromatic rings. The largest absolute Gasteiger partial charge is 0.481 e. The summed E-state index contributed by atoms with van der Waals surface area (Å²) in [4.78, 5) is 10.4. The molecular formula is C15H23NO2. The lowest BCUT2D eigenvalue weighted by molar-refractivity contribution is -0.137. The number of nitrogens with two attached hydrogens (primary N) is 1. The van der Waals surface area contributed by atoms with Gasteiger partial charge in [-0.1, -0.05) is 45.0 Å². The molecule has 18 heavy (non-hydrogen) atoms. The fraction of sp³-hybridized carbons (Fsp3) is 0.533. The van der Waals surface area contributed by atoms with E-state index in [9.17, 15) is 4.79 Å². The third-order valence-corrected chi connectivity index (χ3v) is 3.11. The first-order valence-corrected chi connectivity index (χ1v) is 6.38. The van der Waals surface area contributed by atoms with Gasteiger partial charge in [-0.15, -0.1) is 0 Å². The summed E-state index contributed by atoms with van der Waals surface area (Å²) in [5.74, 6) is -0.759. The molecule has 0 bridgehead atoms. The molecule has 0 spiro atoms. The highest BCUT2D eigenvalue weighted by Crippen LogP contribution is 2.24. The van der Waals surface area contributed by atoms with Crippen molar-refractivity contribution in [3.63, 3.8) is 0 Å². The second-order valence-corrected chi connectivity index (χ2v) is 5.76. The summed E-state index contributed by atoms with van der Waals surface area (Å²) in [7, 11) is 0. The Morgan fingerprint density at radius 1 is 1.28 bits per heavy atom. The molecule has 0 radical (unpaired) electrons. The molecule has 3 nitrogen and oxygen atoms in total. The number of carbonyl (C=O) groups is 1. The number of benzene rings is 1. The van der Waals surface area contributed by atoms with Crippen LogP contribution in [0.5, 0.6) is 0 Å². The Morgan fingerprint density at radius 3 is 2.28 bits per heavy atom. The Balaban J connectivity index is 2.59. The lowest BCUT2D eigenvalue weighted by atomic mass is 9.86. The number of rotatable bonds is 5. The first kappa shape index (κ1) is 14.7. The van der Waals surface area contributed by atoms with Crippen molar-refractivity contribution in [3.8, 4) is 0 Å². The van der Waals surface area contributed by atoms with Crippen LogP contribution in [0.25, 0.3) is 0 Å². The fourth-order valence-corrected chi connectivity index (χ4v) is 1.87. The van der Waals surface area contributed by atoms with Crippen molar-refractivity contribution in [1.29, 1.82) is 0 Å². The number of carboxylic acid groups (broad SMARTS) is 1. The van der Waals surface area contributed by atoms with Crippen molar-refractivity contribution in [2.24, 2.45) is 5.73 Å². The lowest BCUT2D eigenvalue weighted by Crippen LogP contribution is -2.13. The highest BCUT2D eigenvalue weighted by atomic mass is 16.4. The first-order valence-electron chi connectivity index (χ1n) is 6.38. The van der Waals surface area contributed by atoms with Crippen LogP contribution in [0.1, 0.15) is 57.2 Å². The van der Waals surface area contributed by atoms with E-state index in [0.29, 0.717) is 12.8 Å². The normalized spacial score (nSPS) is 13.3. The molecule has 0 aliphatic carbocycles. The summed E-state index contributed by atoms with van der Waals surface area (Å²) in [5.41, 5.74) is 8.55. The minimum Gasteiger partial charge on any atom is -0.481 e. The highest BCUT2D eigenvalue weighted by molar-refractivity contribution is 5.66. The highest BCUT2D eigenvalue weighted by Gasteiger charge is 2.14. The maximum atomic E-state index is 10.4. The van der Waals surface area contributed by atoms with Crippen LogP contribution in [0, 0.1) is 0 Å². The second kappa shape index (κ2) is 6.01. The van der Waals surface area contributed by atoms with E-state index < -0.39 is 5.97 Å². The zero-order valence-corrected chi connectivity index (χ0v) is 11.4. The summed E-state index contributed by atoms with van der Waals surface area (Å²) < 4.78 is 0. The predicted octanol–water partition coefficient (Wildman–Crippen LogP) is 3.24. The zero-order valence-electron chi connectivity index (χ0n) is 11.4. The van der Waals surface area contributed by atoms with Crippen molar-refractivity contribution >= 4 is 5.97 Å². The molecule has 1 unspecified atom stereocenters. The minimum atomic E-state index is -0.759. The van der Waals surface area contributed by atoms with Gasteiger partial charge >= 0.3 is 5.97 Å². The number of aliphatic carboxylic acids is 1. The third-order valence-electron chi connectivity index (χ3n) is 3.11. The van der Waals surface area contributed by atoms with Gasteiger partial charge in [-0.2, -0.15) is 0 Å². The molecule has 0 amide bonds. The molecule has 3 heteroatoms. The van der Waals surface area contributed by atoms with E-state index in [0.717, 1.165) is 5.56 Å². The second-order valence-electron chi connectivity index (χ2n) is 5.76. The van der Waals surface area contributed by atoms with E-state index in [-0.39, 0.29) is 17.9 Å². The molecule has 1 rings (SSSR count). The van der Waals surface area contributed by atoms with E-state index in [4.69, 9.17) is 10.8 Å². The summed E-state index contributed by atoms with van der Waals surface area (Å²) in [6, 6.07) is 8.23. The molecule has 100 valence electrons. The van der Waals surface area contributed by atoms with Crippen LogP contribution in [0.3, 0.4) is 0 Å². The van der Waals surface area contributed by atoms with E-state index in [1.807, 2.05) is 12.1 Å². The van der Waals surface area contributed by atoms with E-state index in [1.54, 1.807) is 0 Å². The molecule has 0 aromatic heterocycles. The van der Waals surface area contributed by atoms with Gasteiger partial charge in [0.2, 0.25) is 0 Å². The maximum Gasteiger partial charge on any atom is 0.303 e. The van der Waals surface area contributed by atoms with Crippen LogP contribution < -0.4 is 5.73 Å². The summed E-state index contributed by atoms with van der Waals surface area (Å²) in [6.07, 6.45) is 1.52. The Bertz CT molecular complexity index is 390. The Hall–Kier alpha value is -1.35. The molecule has 3 N–H and O–H groups in total. The molecule has 0 aliphatic heterocycles. The van der Waals surface area contributed by atoms with Crippen molar-refractivity contribution in [3.05, 3.63) is 35.4 Å². The van der Waals surface area contributed by atoms with Crippen molar-refractivity contribution in [2.45, 2.75) is 51.5 Å². The Morgan fingerprint density at radius 2 is 1.83 bits per heavy atom. The van der Waals surface area contributed by atoms with Gasteiger partial charge in [0.25, 0.3) is 0 Å². The zero-order chi connectivity index (χ0) is 13.8. The Labute approximate surface area is 109 Å². The van der Waals surface area contributed by atoms with Crippen molar-refractivity contribution in [1.82, 2.24) is 0 Å². The molecule has 1 aromatic carbocycles. The van der Waals surface area contributed by atoms with Gasteiger partial charge in [0.15, 0.2) is 0 Å². The van der Waals surface area contributed by atoms with Crippen molar-refractivity contribution < 1.29 is 9.90 Å². The quantitative estimate of drug-likeness (QED) is 0.842. The van der Waals surface area contributed by atoms with Crippen LogP contribution in [0.2, 0.25) is 0 Å². The minimum absolute atomic E-state index is 0.0710. The van der Waals surface area contributed by atoms with Crippen LogP contribution in [-0.4, -0.2) is 11.1 Å². The first-order chi connectivity index (χ1) is 8.30. The molecule has 0 heterocycles. The lowest BCUT2D eigenvalue weighted by Gasteiger charge is -2.20. The average Bonchev–Trinajstić information content (AvgIpc) is 2.27. The van der Waals surface area contributed by atoms with Gasteiger partial charge in [-0.05, 0) is 29.4 Å². The average molecular weight is 249 g/mol. The van der Waals surface area contributed by atoms with Gasteiger partial charge in [-0.3, -0.25) is 4.79 Å². The van der Waals surface area contributed by atoms with Crippen LogP contribution in [-0.2, 0) is 10.2 Å². The SMILES string of the molecule is CC(C)(C)c1ccc(C(N)CCCC(=O)O)cc1. The predicted molar refractivity (Wildman–Crippen MR) is 73.6 cm³/mol. The van der Waals surface area contributed by atoms with Gasteiger partial charge < -0.3 is 10.8 Å². The number of hydrogen-bond donors (Lipinski definition) is 2.